The van der Waals surface area contributed by atoms with Gasteiger partial charge in [-0.05, 0) is 12.2 Å². The number of hydrogen-bond donors (Lipinski definition) is 4. The molecule has 4 N–H and O–H groups in total. The van der Waals surface area contributed by atoms with Crippen molar-refractivity contribution >= 4 is 24.1 Å². The summed E-state index contributed by atoms with van der Waals surface area (Å²) in [6.45, 7) is 0. The van der Waals surface area contributed by atoms with Crippen molar-refractivity contribution in [2.75, 3.05) is 0 Å². The second-order valence-electron chi connectivity index (χ2n) is 3.77. The normalized spacial score (nSPS) is 11.1. The number of rotatable bonds is 2. The third-order valence-corrected chi connectivity index (χ3v) is 2.84. The van der Waals surface area contributed by atoms with Crippen LogP contribution in [0.15, 0.2) is 25.6 Å². The monoisotopic (exact) mass is 295 g/mol. The SMILES string of the molecule is Cn1c(O)c(C=Nc2c[nH]c(=O)[nH]c2=O)c(=O)[nH]c1=S. The van der Waals surface area contributed by atoms with Gasteiger partial charge in [-0.25, -0.2) is 9.79 Å². The summed E-state index contributed by atoms with van der Waals surface area (Å²) in [5, 5.41) is 9.79. The van der Waals surface area contributed by atoms with E-state index in [1.807, 2.05) is 4.98 Å². The van der Waals surface area contributed by atoms with Crippen molar-refractivity contribution < 1.29 is 5.11 Å². The minimum Gasteiger partial charge on any atom is -0.494 e. The van der Waals surface area contributed by atoms with Crippen LogP contribution in [0.25, 0.3) is 0 Å². The lowest BCUT2D eigenvalue weighted by Gasteiger charge is -2.04. The molecule has 0 atom stereocenters. The Morgan fingerprint density at radius 2 is 2.00 bits per heavy atom. The molecule has 0 bridgehead atoms. The van der Waals surface area contributed by atoms with Crippen molar-refractivity contribution in [2.45, 2.75) is 0 Å². The molecule has 0 fully saturated rings. The fourth-order valence-corrected chi connectivity index (χ4v) is 1.55. The Morgan fingerprint density at radius 3 is 2.65 bits per heavy atom. The Hall–Kier alpha value is -2.75. The molecule has 0 radical (unpaired) electrons. The maximum absolute atomic E-state index is 11.6. The third kappa shape index (κ3) is 2.49. The van der Waals surface area contributed by atoms with Gasteiger partial charge >= 0.3 is 5.69 Å². The molecule has 0 saturated carbocycles. The second-order valence-corrected chi connectivity index (χ2v) is 4.16. The van der Waals surface area contributed by atoms with E-state index in [-0.39, 0.29) is 21.9 Å². The van der Waals surface area contributed by atoms with Gasteiger partial charge in [-0.15, -0.1) is 0 Å². The highest BCUT2D eigenvalue weighted by Crippen LogP contribution is 2.09. The lowest BCUT2D eigenvalue weighted by Crippen LogP contribution is -2.21. The number of H-pyrrole nitrogens is 3. The summed E-state index contributed by atoms with van der Waals surface area (Å²) in [5.74, 6) is -0.386. The molecule has 2 aromatic rings. The van der Waals surface area contributed by atoms with Gasteiger partial charge in [-0.1, -0.05) is 0 Å². The minimum atomic E-state index is -0.717. The molecular formula is C10H9N5O4S. The van der Waals surface area contributed by atoms with Crippen molar-refractivity contribution in [3.8, 4) is 5.88 Å². The molecule has 2 heterocycles. The Kier molecular flexibility index (Phi) is 3.48. The van der Waals surface area contributed by atoms with Crippen LogP contribution < -0.4 is 16.8 Å². The molecule has 20 heavy (non-hydrogen) atoms. The highest BCUT2D eigenvalue weighted by Gasteiger charge is 2.08. The lowest BCUT2D eigenvalue weighted by molar-refractivity contribution is 0.420. The number of nitrogens with one attached hydrogen (secondary N) is 3. The summed E-state index contributed by atoms with van der Waals surface area (Å²) in [7, 11) is 1.46. The van der Waals surface area contributed by atoms with Gasteiger partial charge in [-0.2, -0.15) is 0 Å². The van der Waals surface area contributed by atoms with Crippen LogP contribution in [0.3, 0.4) is 0 Å². The summed E-state index contributed by atoms with van der Waals surface area (Å²) >= 11 is 4.81. The molecule has 0 aliphatic rings. The zero-order valence-corrected chi connectivity index (χ0v) is 10.9. The summed E-state index contributed by atoms with van der Waals surface area (Å²) in [4.78, 5) is 44.2. The molecule has 0 aliphatic heterocycles. The largest absolute Gasteiger partial charge is 0.494 e. The summed E-state index contributed by atoms with van der Waals surface area (Å²) in [5.41, 5.74) is -2.31. The van der Waals surface area contributed by atoms with Crippen LogP contribution in [0.5, 0.6) is 5.88 Å². The lowest BCUT2D eigenvalue weighted by atomic mass is 10.3. The number of aromatic amines is 3. The molecule has 0 aromatic carbocycles. The molecule has 9 nitrogen and oxygen atoms in total. The average molecular weight is 295 g/mol. The van der Waals surface area contributed by atoms with E-state index in [0.29, 0.717) is 0 Å². The molecule has 0 aliphatic carbocycles. The van der Waals surface area contributed by atoms with Crippen LogP contribution in [-0.2, 0) is 7.05 Å². The first-order chi connectivity index (χ1) is 9.40. The summed E-state index contributed by atoms with van der Waals surface area (Å²) in [6, 6.07) is 0. The van der Waals surface area contributed by atoms with Crippen molar-refractivity contribution in [1.29, 1.82) is 0 Å². The van der Waals surface area contributed by atoms with Crippen LogP contribution in [0, 0.1) is 4.77 Å². The fourth-order valence-electron chi connectivity index (χ4n) is 1.38. The Balaban J connectivity index is 2.55. The highest BCUT2D eigenvalue weighted by atomic mass is 32.1. The van der Waals surface area contributed by atoms with Crippen molar-refractivity contribution in [2.24, 2.45) is 12.0 Å². The van der Waals surface area contributed by atoms with E-state index in [0.717, 1.165) is 12.4 Å². The van der Waals surface area contributed by atoms with E-state index in [1.54, 1.807) is 0 Å². The predicted octanol–water partition coefficient (Wildman–Crippen LogP) is -0.724. The van der Waals surface area contributed by atoms with Crippen LogP contribution in [0.1, 0.15) is 5.56 Å². The van der Waals surface area contributed by atoms with E-state index in [2.05, 4.69) is 15.0 Å². The predicted molar refractivity (Wildman–Crippen MR) is 73.5 cm³/mol. The zero-order chi connectivity index (χ0) is 14.9. The molecule has 0 unspecified atom stereocenters. The Bertz CT molecular complexity index is 917. The first-order valence-corrected chi connectivity index (χ1v) is 5.69. The first-order valence-electron chi connectivity index (χ1n) is 5.28. The standard InChI is InChI=1S/C10H9N5O4S/c1-15-8(18)4(6(16)14-10(15)20)2-11-5-3-12-9(19)13-7(5)17/h2-3,18H,1H3,(H,14,16,20)(H2,12,13,17,19). The van der Waals surface area contributed by atoms with Gasteiger partial charge in [0.15, 0.2) is 4.77 Å². The van der Waals surface area contributed by atoms with Crippen LogP contribution in [0.4, 0.5) is 5.69 Å². The van der Waals surface area contributed by atoms with E-state index < -0.39 is 16.8 Å². The highest BCUT2D eigenvalue weighted by molar-refractivity contribution is 7.71. The van der Waals surface area contributed by atoms with E-state index in [9.17, 15) is 19.5 Å². The molecule has 104 valence electrons. The number of aliphatic imine (C=N–C) groups is 1. The molecule has 0 saturated heterocycles. The van der Waals surface area contributed by atoms with Gasteiger partial charge in [0, 0.05) is 19.5 Å². The summed E-state index contributed by atoms with van der Waals surface area (Å²) in [6.07, 6.45) is 2.09. The van der Waals surface area contributed by atoms with Gasteiger partial charge in [0.05, 0.1) is 0 Å². The van der Waals surface area contributed by atoms with Gasteiger partial charge in [0.1, 0.15) is 11.3 Å². The third-order valence-electron chi connectivity index (χ3n) is 2.46. The van der Waals surface area contributed by atoms with Crippen molar-refractivity contribution in [3.05, 3.63) is 47.7 Å². The van der Waals surface area contributed by atoms with E-state index in [1.165, 1.54) is 11.6 Å². The molecule has 0 spiro atoms. The quantitative estimate of drug-likeness (QED) is 0.428. The Morgan fingerprint density at radius 1 is 1.30 bits per heavy atom. The van der Waals surface area contributed by atoms with E-state index >= 15 is 0 Å². The van der Waals surface area contributed by atoms with Gasteiger partial charge in [-0.3, -0.25) is 24.1 Å². The number of hydrogen-bond acceptors (Lipinski definition) is 6. The topological polar surface area (TPSA) is 136 Å². The van der Waals surface area contributed by atoms with Gasteiger partial charge in [0.2, 0.25) is 5.88 Å². The first kappa shape index (κ1) is 13.7. The van der Waals surface area contributed by atoms with Crippen LogP contribution in [0.2, 0.25) is 0 Å². The zero-order valence-electron chi connectivity index (χ0n) is 10.1. The Labute approximate surface area is 115 Å². The van der Waals surface area contributed by atoms with Crippen molar-refractivity contribution in [1.82, 2.24) is 19.5 Å². The smallest absolute Gasteiger partial charge is 0.325 e. The molecule has 2 aromatic heterocycles. The minimum absolute atomic E-state index is 0.0477. The molecule has 2 rings (SSSR count). The van der Waals surface area contributed by atoms with Crippen LogP contribution in [-0.4, -0.2) is 30.8 Å². The maximum Gasteiger partial charge on any atom is 0.325 e. The van der Waals surface area contributed by atoms with Gasteiger partial charge in [0.25, 0.3) is 11.1 Å². The van der Waals surface area contributed by atoms with Crippen LogP contribution >= 0.6 is 12.2 Å². The number of aromatic nitrogens is 4. The van der Waals surface area contributed by atoms with Gasteiger partial charge < -0.3 is 10.1 Å². The molecule has 0 amide bonds. The van der Waals surface area contributed by atoms with E-state index in [4.69, 9.17) is 12.2 Å². The fraction of sp³-hybridized carbons (Fsp3) is 0.100. The molecular weight excluding hydrogens is 286 g/mol. The molecule has 10 heteroatoms. The maximum atomic E-state index is 11.6. The number of nitrogens with zero attached hydrogens (tertiary/aromatic N) is 2. The second kappa shape index (κ2) is 5.09. The number of aromatic hydroxyl groups is 1. The van der Waals surface area contributed by atoms with Crippen molar-refractivity contribution in [3.63, 3.8) is 0 Å². The summed E-state index contributed by atoms with van der Waals surface area (Å²) < 4.78 is 1.22. The average Bonchev–Trinajstić information content (AvgIpc) is 2.38.